The fourth-order valence-corrected chi connectivity index (χ4v) is 3.22. The summed E-state index contributed by atoms with van der Waals surface area (Å²) in [6, 6.07) is 21.2. The number of phenolic OH excluding ortho intramolecular Hbond substituents is 1. The minimum Gasteiger partial charge on any atom is -0.508 e. The third-order valence-corrected chi connectivity index (χ3v) is 4.57. The van der Waals surface area contributed by atoms with Gasteiger partial charge in [-0.15, -0.1) is 0 Å². The summed E-state index contributed by atoms with van der Waals surface area (Å²) in [4.78, 5) is 15.3. The molecule has 0 fully saturated rings. The lowest BCUT2D eigenvalue weighted by Gasteiger charge is -2.19. The summed E-state index contributed by atoms with van der Waals surface area (Å²) < 4.78 is 0. The molecule has 1 aliphatic rings. The van der Waals surface area contributed by atoms with Gasteiger partial charge in [-0.1, -0.05) is 24.3 Å². The lowest BCUT2D eigenvalue weighted by molar-refractivity contribution is -0.384. The Bertz CT molecular complexity index is 1030. The number of phenols is 1. The number of anilines is 1. The number of hydrogen-bond donors (Lipinski definition) is 2. The summed E-state index contributed by atoms with van der Waals surface area (Å²) in [5, 5.41) is 24.3. The first kappa shape index (κ1) is 16.8. The Labute approximate surface area is 156 Å². The largest absolute Gasteiger partial charge is 0.508 e. The summed E-state index contributed by atoms with van der Waals surface area (Å²) in [7, 11) is 0. The highest BCUT2D eigenvalue weighted by Crippen LogP contribution is 2.36. The van der Waals surface area contributed by atoms with Gasteiger partial charge in [0.2, 0.25) is 0 Å². The average molecular weight is 359 g/mol. The van der Waals surface area contributed by atoms with Crippen LogP contribution in [0.15, 0.2) is 77.8 Å². The van der Waals surface area contributed by atoms with E-state index >= 15 is 0 Å². The van der Waals surface area contributed by atoms with Crippen molar-refractivity contribution in [3.63, 3.8) is 0 Å². The minimum atomic E-state index is -0.412. The zero-order valence-corrected chi connectivity index (χ0v) is 14.4. The molecule has 1 unspecified atom stereocenters. The van der Waals surface area contributed by atoms with Gasteiger partial charge in [0.15, 0.2) is 0 Å². The number of nitrogens with one attached hydrogen (secondary N) is 1. The second-order valence-electron chi connectivity index (χ2n) is 6.38. The Kier molecular flexibility index (Phi) is 4.30. The third-order valence-electron chi connectivity index (χ3n) is 4.57. The van der Waals surface area contributed by atoms with E-state index in [0.29, 0.717) is 6.42 Å². The van der Waals surface area contributed by atoms with Gasteiger partial charge >= 0.3 is 0 Å². The molecule has 0 saturated heterocycles. The number of aliphatic imine (C=N–C) groups is 1. The second-order valence-corrected chi connectivity index (χ2v) is 6.38. The van der Waals surface area contributed by atoms with Crippen LogP contribution in [0, 0.1) is 10.1 Å². The summed E-state index contributed by atoms with van der Waals surface area (Å²) in [6.45, 7) is 0. The molecule has 3 aromatic carbocycles. The van der Waals surface area contributed by atoms with Crippen LogP contribution in [0.1, 0.15) is 23.6 Å². The maximum Gasteiger partial charge on any atom is 0.269 e. The van der Waals surface area contributed by atoms with Crippen molar-refractivity contribution in [2.45, 2.75) is 12.5 Å². The van der Waals surface area contributed by atoms with Crippen molar-refractivity contribution in [3.8, 4) is 5.75 Å². The highest BCUT2D eigenvalue weighted by atomic mass is 16.6. The number of rotatable bonds is 3. The predicted octanol–water partition coefficient (Wildman–Crippen LogP) is 4.98. The standard InChI is InChI=1S/C21H17N3O3/c25-17-5-3-4-15(12-17)21-13-20(14-8-10-16(11-9-14)24(26)27)22-18-6-1-2-7-19(18)23-21/h1-12,21,23,25H,13H2. The number of para-hydroxylation sites is 2. The molecule has 3 aromatic rings. The maximum atomic E-state index is 10.9. The molecule has 134 valence electrons. The predicted molar refractivity (Wildman–Crippen MR) is 105 cm³/mol. The van der Waals surface area contributed by atoms with E-state index in [1.165, 1.54) is 12.1 Å². The summed E-state index contributed by atoms with van der Waals surface area (Å²) in [5.41, 5.74) is 4.38. The molecular formula is C21H17N3O3. The van der Waals surface area contributed by atoms with Gasteiger partial charge in [-0.25, -0.2) is 0 Å². The van der Waals surface area contributed by atoms with E-state index in [1.807, 2.05) is 36.4 Å². The molecule has 27 heavy (non-hydrogen) atoms. The Morgan fingerprint density at radius 3 is 2.56 bits per heavy atom. The molecule has 0 saturated carbocycles. The van der Waals surface area contributed by atoms with Gasteiger partial charge in [0.25, 0.3) is 5.69 Å². The molecule has 6 nitrogen and oxygen atoms in total. The molecule has 6 heteroatoms. The zero-order chi connectivity index (χ0) is 18.8. The van der Waals surface area contributed by atoms with E-state index in [-0.39, 0.29) is 17.5 Å². The first-order valence-electron chi connectivity index (χ1n) is 8.57. The van der Waals surface area contributed by atoms with Crippen LogP contribution in [-0.2, 0) is 0 Å². The van der Waals surface area contributed by atoms with Crippen molar-refractivity contribution in [3.05, 3.63) is 94.0 Å². The molecule has 2 N–H and O–H groups in total. The fourth-order valence-electron chi connectivity index (χ4n) is 3.22. The van der Waals surface area contributed by atoms with Crippen molar-refractivity contribution in [2.75, 3.05) is 5.32 Å². The maximum absolute atomic E-state index is 10.9. The van der Waals surface area contributed by atoms with Gasteiger partial charge < -0.3 is 10.4 Å². The van der Waals surface area contributed by atoms with Gasteiger partial charge in [-0.2, -0.15) is 0 Å². The Hall–Kier alpha value is -3.67. The number of nitro benzene ring substituents is 1. The Morgan fingerprint density at radius 2 is 1.81 bits per heavy atom. The van der Waals surface area contributed by atoms with Crippen molar-refractivity contribution in [2.24, 2.45) is 4.99 Å². The van der Waals surface area contributed by atoms with E-state index in [9.17, 15) is 15.2 Å². The smallest absolute Gasteiger partial charge is 0.269 e. The number of aromatic hydroxyl groups is 1. The van der Waals surface area contributed by atoms with Crippen molar-refractivity contribution < 1.29 is 10.0 Å². The quantitative estimate of drug-likeness (QED) is 0.510. The van der Waals surface area contributed by atoms with Gasteiger partial charge in [0.1, 0.15) is 5.75 Å². The molecule has 1 atom stereocenters. The van der Waals surface area contributed by atoms with Crippen LogP contribution in [0.2, 0.25) is 0 Å². The SMILES string of the molecule is O=[N+]([O-])c1ccc(C2=Nc3ccccc3NC(c3cccc(O)c3)C2)cc1. The van der Waals surface area contributed by atoms with Crippen molar-refractivity contribution in [1.82, 2.24) is 0 Å². The van der Waals surface area contributed by atoms with E-state index in [4.69, 9.17) is 4.99 Å². The first-order chi connectivity index (χ1) is 13.1. The van der Waals surface area contributed by atoms with Crippen LogP contribution in [0.3, 0.4) is 0 Å². The van der Waals surface area contributed by atoms with Crippen LogP contribution < -0.4 is 5.32 Å². The van der Waals surface area contributed by atoms with Crippen LogP contribution in [0.25, 0.3) is 0 Å². The van der Waals surface area contributed by atoms with E-state index in [2.05, 4.69) is 5.32 Å². The molecule has 0 bridgehead atoms. The van der Waals surface area contributed by atoms with E-state index in [1.54, 1.807) is 24.3 Å². The summed E-state index contributed by atoms with van der Waals surface area (Å²) in [5.74, 6) is 0.209. The lowest BCUT2D eigenvalue weighted by atomic mass is 9.97. The van der Waals surface area contributed by atoms with E-state index in [0.717, 1.165) is 28.2 Å². The minimum absolute atomic E-state index is 0.0519. The highest BCUT2D eigenvalue weighted by molar-refractivity contribution is 6.04. The van der Waals surface area contributed by atoms with Crippen LogP contribution in [0.4, 0.5) is 17.1 Å². The summed E-state index contributed by atoms with van der Waals surface area (Å²) in [6.07, 6.45) is 0.579. The molecular weight excluding hydrogens is 342 g/mol. The molecule has 1 aliphatic heterocycles. The lowest BCUT2D eigenvalue weighted by Crippen LogP contribution is -2.14. The molecule has 0 spiro atoms. The Balaban J connectivity index is 1.77. The van der Waals surface area contributed by atoms with Gasteiger partial charge in [-0.3, -0.25) is 15.1 Å². The summed E-state index contributed by atoms with van der Waals surface area (Å²) >= 11 is 0. The average Bonchev–Trinajstić information content (AvgIpc) is 2.88. The second kappa shape index (κ2) is 6.92. The van der Waals surface area contributed by atoms with Gasteiger partial charge in [0, 0.05) is 18.6 Å². The topological polar surface area (TPSA) is 87.8 Å². The van der Waals surface area contributed by atoms with Crippen molar-refractivity contribution in [1.29, 1.82) is 0 Å². The normalized spacial score (nSPS) is 15.9. The van der Waals surface area contributed by atoms with Crippen LogP contribution >= 0.6 is 0 Å². The van der Waals surface area contributed by atoms with Crippen LogP contribution in [0.5, 0.6) is 5.75 Å². The van der Waals surface area contributed by atoms with Gasteiger partial charge in [-0.05, 0) is 47.5 Å². The van der Waals surface area contributed by atoms with E-state index < -0.39 is 4.92 Å². The number of fused-ring (bicyclic) bond motifs is 1. The number of hydrogen-bond acceptors (Lipinski definition) is 5. The molecule has 0 radical (unpaired) electrons. The zero-order valence-electron chi connectivity index (χ0n) is 14.4. The third kappa shape index (κ3) is 3.50. The molecule has 0 aliphatic carbocycles. The van der Waals surface area contributed by atoms with Crippen LogP contribution in [-0.4, -0.2) is 15.7 Å². The molecule has 1 heterocycles. The molecule has 0 amide bonds. The Morgan fingerprint density at radius 1 is 1.04 bits per heavy atom. The molecule has 0 aromatic heterocycles. The molecule has 4 rings (SSSR count). The number of nitrogens with zero attached hydrogens (tertiary/aromatic N) is 2. The monoisotopic (exact) mass is 359 g/mol. The van der Waals surface area contributed by atoms with Crippen molar-refractivity contribution >= 4 is 22.8 Å². The number of benzene rings is 3. The fraction of sp³-hybridized carbons (Fsp3) is 0.0952. The number of non-ortho nitro benzene ring substituents is 1. The first-order valence-corrected chi connectivity index (χ1v) is 8.57. The highest BCUT2D eigenvalue weighted by Gasteiger charge is 2.21. The van der Waals surface area contributed by atoms with Gasteiger partial charge in [0.05, 0.1) is 28.1 Å². The number of nitro groups is 1.